The molecule has 0 aliphatic carbocycles. The van der Waals surface area contributed by atoms with E-state index in [0.29, 0.717) is 5.75 Å². The summed E-state index contributed by atoms with van der Waals surface area (Å²) in [5.41, 5.74) is 5.44. The van der Waals surface area contributed by atoms with Crippen LogP contribution in [0.15, 0.2) is 0 Å². The van der Waals surface area contributed by atoms with Crippen LogP contribution in [0.25, 0.3) is 0 Å². The van der Waals surface area contributed by atoms with Crippen molar-refractivity contribution in [2.75, 3.05) is 17.8 Å². The SMILES string of the molecule is CSCCC(NC(=O)C(CS)NC(=O)C(N)CC(=O)O)C(=O)NC(CC(=O)O)C(=O)O. The minimum atomic E-state index is -1.70. The lowest BCUT2D eigenvalue weighted by molar-refractivity contribution is -0.147. The number of hydrogen-bond acceptors (Lipinski definition) is 9. The van der Waals surface area contributed by atoms with Crippen LogP contribution in [-0.2, 0) is 28.8 Å². The fourth-order valence-corrected chi connectivity index (χ4v) is 2.91. The first-order valence-corrected chi connectivity index (χ1v) is 10.9. The number of nitrogens with one attached hydrogen (secondary N) is 3. The Morgan fingerprint density at radius 2 is 1.32 bits per heavy atom. The van der Waals surface area contributed by atoms with Crippen LogP contribution in [0.4, 0.5) is 0 Å². The molecule has 0 fully saturated rings. The van der Waals surface area contributed by atoms with Gasteiger partial charge in [-0.2, -0.15) is 24.4 Å². The van der Waals surface area contributed by atoms with Gasteiger partial charge in [0.2, 0.25) is 17.7 Å². The smallest absolute Gasteiger partial charge is 0.326 e. The van der Waals surface area contributed by atoms with Crippen molar-refractivity contribution >= 4 is 60.0 Å². The fourth-order valence-electron chi connectivity index (χ4n) is 2.18. The Bertz CT molecular complexity index is 692. The molecule has 13 nitrogen and oxygen atoms in total. The van der Waals surface area contributed by atoms with Gasteiger partial charge in [-0.15, -0.1) is 0 Å². The number of hydrogen-bond donors (Lipinski definition) is 8. The van der Waals surface area contributed by atoms with Crippen molar-refractivity contribution in [2.24, 2.45) is 5.73 Å². The molecule has 0 heterocycles. The summed E-state index contributed by atoms with van der Waals surface area (Å²) >= 11 is 5.30. The van der Waals surface area contributed by atoms with E-state index in [2.05, 4.69) is 28.6 Å². The molecule has 8 N–H and O–H groups in total. The predicted molar refractivity (Wildman–Crippen MR) is 113 cm³/mol. The van der Waals surface area contributed by atoms with Crippen LogP contribution in [-0.4, -0.2) is 92.9 Å². The quantitative estimate of drug-likeness (QED) is 0.114. The molecular formula is C16H26N4O9S2. The Kier molecular flexibility index (Phi) is 13.3. The van der Waals surface area contributed by atoms with Gasteiger partial charge < -0.3 is 37.0 Å². The number of thiol groups is 1. The first kappa shape index (κ1) is 28.5. The van der Waals surface area contributed by atoms with Crippen LogP contribution in [0.1, 0.15) is 19.3 Å². The third-order valence-corrected chi connectivity index (χ3v) is 4.79. The van der Waals surface area contributed by atoms with Gasteiger partial charge in [0.1, 0.15) is 18.1 Å². The number of carboxylic acid groups (broad SMARTS) is 3. The molecule has 0 aliphatic heterocycles. The first-order chi connectivity index (χ1) is 14.4. The summed E-state index contributed by atoms with van der Waals surface area (Å²) in [5, 5.41) is 33.2. The standard InChI is InChI=1S/C16H26N4O9S2/c1-31-3-2-8(14(26)19-9(16(28)29)5-12(23)24)18-15(27)10(6-30)20-13(25)7(17)4-11(21)22/h7-10,30H,2-6,17H2,1H3,(H,18,27)(H,19,26)(H,20,25)(H,21,22)(H,23,24)(H,28,29). The third kappa shape index (κ3) is 11.4. The van der Waals surface area contributed by atoms with E-state index in [9.17, 15) is 28.8 Å². The zero-order chi connectivity index (χ0) is 24.1. The number of carboxylic acids is 3. The van der Waals surface area contributed by atoms with Crippen LogP contribution in [0, 0.1) is 0 Å². The molecule has 31 heavy (non-hydrogen) atoms. The van der Waals surface area contributed by atoms with E-state index in [1.807, 2.05) is 0 Å². The van der Waals surface area contributed by atoms with Crippen LogP contribution in [0.3, 0.4) is 0 Å². The maximum Gasteiger partial charge on any atom is 0.326 e. The van der Waals surface area contributed by atoms with Crippen LogP contribution < -0.4 is 21.7 Å². The van der Waals surface area contributed by atoms with Crippen LogP contribution in [0.2, 0.25) is 0 Å². The molecule has 0 aromatic rings. The summed E-state index contributed by atoms with van der Waals surface area (Å²) in [7, 11) is 0. The molecule has 0 bridgehead atoms. The molecule has 0 spiro atoms. The molecule has 0 saturated heterocycles. The second-order valence-electron chi connectivity index (χ2n) is 6.29. The molecule has 0 aromatic carbocycles. The topological polar surface area (TPSA) is 225 Å². The fraction of sp³-hybridized carbons (Fsp3) is 0.625. The summed E-state index contributed by atoms with van der Waals surface area (Å²) in [5.74, 6) is -6.76. The van der Waals surface area contributed by atoms with Gasteiger partial charge >= 0.3 is 17.9 Å². The molecule has 0 aliphatic rings. The van der Waals surface area contributed by atoms with E-state index in [0.717, 1.165) is 0 Å². The average Bonchev–Trinajstić information content (AvgIpc) is 2.67. The minimum Gasteiger partial charge on any atom is -0.481 e. The monoisotopic (exact) mass is 482 g/mol. The zero-order valence-corrected chi connectivity index (χ0v) is 18.3. The van der Waals surface area contributed by atoms with Crippen molar-refractivity contribution in [3.8, 4) is 0 Å². The lowest BCUT2D eigenvalue weighted by Gasteiger charge is -2.24. The van der Waals surface area contributed by atoms with Crippen molar-refractivity contribution in [2.45, 2.75) is 43.4 Å². The highest BCUT2D eigenvalue weighted by Crippen LogP contribution is 2.04. The van der Waals surface area contributed by atoms with Gasteiger partial charge in [-0.1, -0.05) is 0 Å². The molecule has 176 valence electrons. The van der Waals surface area contributed by atoms with Crippen LogP contribution in [0.5, 0.6) is 0 Å². The van der Waals surface area contributed by atoms with Gasteiger partial charge in [0.25, 0.3) is 0 Å². The van der Waals surface area contributed by atoms with E-state index in [1.54, 1.807) is 6.26 Å². The van der Waals surface area contributed by atoms with Crippen molar-refractivity contribution < 1.29 is 44.1 Å². The van der Waals surface area contributed by atoms with Crippen LogP contribution >= 0.6 is 24.4 Å². The van der Waals surface area contributed by atoms with E-state index >= 15 is 0 Å². The molecular weight excluding hydrogens is 456 g/mol. The van der Waals surface area contributed by atoms with Gasteiger partial charge in [0.05, 0.1) is 18.9 Å². The van der Waals surface area contributed by atoms with Crippen molar-refractivity contribution in [3.63, 3.8) is 0 Å². The Morgan fingerprint density at radius 3 is 1.77 bits per heavy atom. The average molecular weight is 483 g/mol. The molecule has 0 radical (unpaired) electrons. The molecule has 15 heteroatoms. The van der Waals surface area contributed by atoms with Crippen molar-refractivity contribution in [1.82, 2.24) is 16.0 Å². The van der Waals surface area contributed by atoms with Crippen molar-refractivity contribution in [3.05, 3.63) is 0 Å². The van der Waals surface area contributed by atoms with E-state index in [1.165, 1.54) is 11.8 Å². The summed E-state index contributed by atoms with van der Waals surface area (Å²) in [6.45, 7) is 0. The number of nitrogens with two attached hydrogens (primary N) is 1. The molecule has 0 aromatic heterocycles. The Labute approximate surface area is 187 Å². The second-order valence-corrected chi connectivity index (χ2v) is 7.64. The second kappa shape index (κ2) is 14.5. The number of aliphatic carboxylic acids is 3. The van der Waals surface area contributed by atoms with Gasteiger partial charge in [0.15, 0.2) is 0 Å². The summed E-state index contributed by atoms with van der Waals surface area (Å²) in [4.78, 5) is 69.5. The minimum absolute atomic E-state index is 0.0872. The summed E-state index contributed by atoms with van der Waals surface area (Å²) in [6.07, 6.45) is 0.304. The van der Waals surface area contributed by atoms with Gasteiger partial charge in [-0.3, -0.25) is 24.0 Å². The lowest BCUT2D eigenvalue weighted by Crippen LogP contribution is -2.58. The lowest BCUT2D eigenvalue weighted by atomic mass is 10.1. The van der Waals surface area contributed by atoms with Gasteiger partial charge in [-0.05, 0) is 18.4 Å². The Balaban J connectivity index is 5.24. The third-order valence-electron chi connectivity index (χ3n) is 3.78. The summed E-state index contributed by atoms with van der Waals surface area (Å²) in [6, 6.07) is -5.58. The Hall–Kier alpha value is -2.52. The number of carbonyl (C=O) groups excluding carboxylic acids is 3. The molecule has 4 unspecified atom stereocenters. The highest BCUT2D eigenvalue weighted by atomic mass is 32.2. The zero-order valence-electron chi connectivity index (χ0n) is 16.6. The molecule has 4 atom stereocenters. The van der Waals surface area contributed by atoms with Gasteiger partial charge in [0, 0.05) is 5.75 Å². The number of thioether (sulfide) groups is 1. The molecule has 0 rings (SSSR count). The predicted octanol–water partition coefficient (Wildman–Crippen LogP) is -2.51. The largest absolute Gasteiger partial charge is 0.481 e. The van der Waals surface area contributed by atoms with E-state index in [-0.39, 0.29) is 12.2 Å². The molecule has 3 amide bonds. The molecule has 0 saturated carbocycles. The normalized spacial score (nSPS) is 14.4. The Morgan fingerprint density at radius 1 is 0.839 bits per heavy atom. The number of rotatable bonds is 15. The van der Waals surface area contributed by atoms with E-state index < -0.39 is 72.6 Å². The highest BCUT2D eigenvalue weighted by Gasteiger charge is 2.30. The van der Waals surface area contributed by atoms with Gasteiger partial charge in [-0.25, -0.2) is 4.79 Å². The highest BCUT2D eigenvalue weighted by molar-refractivity contribution is 7.98. The van der Waals surface area contributed by atoms with E-state index in [4.69, 9.17) is 21.1 Å². The van der Waals surface area contributed by atoms with Crippen molar-refractivity contribution in [1.29, 1.82) is 0 Å². The summed E-state index contributed by atoms with van der Waals surface area (Å²) < 4.78 is 0. The number of carbonyl (C=O) groups is 6. The maximum atomic E-state index is 12.5. The number of amides is 3. The first-order valence-electron chi connectivity index (χ1n) is 8.85. The maximum absolute atomic E-state index is 12.5.